The van der Waals surface area contributed by atoms with E-state index < -0.39 is 11.9 Å². The number of carboxylic acids is 1. The number of hydrogen-bond acceptors (Lipinski definition) is 3. The summed E-state index contributed by atoms with van der Waals surface area (Å²) in [5, 5.41) is 14.0. The molecule has 23 heavy (non-hydrogen) atoms. The van der Waals surface area contributed by atoms with Gasteiger partial charge in [-0.15, -0.1) is 0 Å². The summed E-state index contributed by atoms with van der Waals surface area (Å²) >= 11 is 5.88. The van der Waals surface area contributed by atoms with E-state index in [0.717, 1.165) is 11.4 Å². The zero-order chi connectivity index (χ0) is 16.6. The van der Waals surface area contributed by atoms with E-state index in [9.17, 15) is 9.59 Å². The molecule has 120 valence electrons. The van der Waals surface area contributed by atoms with Gasteiger partial charge in [-0.1, -0.05) is 11.6 Å². The Bertz CT molecular complexity index is 754. The summed E-state index contributed by atoms with van der Waals surface area (Å²) in [6.07, 6.45) is 2.02. The molecule has 2 aromatic rings. The third kappa shape index (κ3) is 2.94. The lowest BCUT2D eigenvalue weighted by atomic mass is 10.1. The second-order valence-corrected chi connectivity index (χ2v) is 6.04. The fourth-order valence-electron chi connectivity index (χ4n) is 2.78. The predicted molar refractivity (Wildman–Crippen MR) is 85.0 cm³/mol. The van der Waals surface area contributed by atoms with Crippen molar-refractivity contribution < 1.29 is 14.7 Å². The van der Waals surface area contributed by atoms with Gasteiger partial charge in [0.2, 0.25) is 0 Å². The van der Waals surface area contributed by atoms with Crippen LogP contribution in [0.1, 0.15) is 22.5 Å². The summed E-state index contributed by atoms with van der Waals surface area (Å²) in [5.41, 5.74) is 2.03. The third-order valence-electron chi connectivity index (χ3n) is 4.14. The fourth-order valence-corrected chi connectivity index (χ4v) is 2.90. The van der Waals surface area contributed by atoms with Crippen LogP contribution in [0.5, 0.6) is 0 Å². The van der Waals surface area contributed by atoms with Gasteiger partial charge in [0.15, 0.2) is 0 Å². The Hall–Kier alpha value is -2.34. The number of halogens is 1. The minimum absolute atomic E-state index is 0.175. The van der Waals surface area contributed by atoms with Crippen molar-refractivity contribution in [2.75, 3.05) is 13.1 Å². The van der Waals surface area contributed by atoms with Gasteiger partial charge in [-0.3, -0.25) is 9.59 Å². The number of aliphatic carboxylic acids is 1. The van der Waals surface area contributed by atoms with Gasteiger partial charge < -0.3 is 10.0 Å². The van der Waals surface area contributed by atoms with E-state index in [1.54, 1.807) is 21.7 Å². The van der Waals surface area contributed by atoms with E-state index in [1.165, 1.54) is 6.20 Å². The Morgan fingerprint density at radius 3 is 2.61 bits per heavy atom. The predicted octanol–water partition coefficient (Wildman–Crippen LogP) is 2.38. The van der Waals surface area contributed by atoms with Gasteiger partial charge >= 0.3 is 5.97 Å². The van der Waals surface area contributed by atoms with Crippen molar-refractivity contribution in [1.29, 1.82) is 0 Å². The molecule has 0 spiro atoms. The molecular weight excluding hydrogens is 318 g/mol. The van der Waals surface area contributed by atoms with Gasteiger partial charge in [0.25, 0.3) is 5.91 Å². The third-order valence-corrected chi connectivity index (χ3v) is 4.39. The molecule has 1 aromatic carbocycles. The van der Waals surface area contributed by atoms with Crippen molar-refractivity contribution in [3.8, 4) is 5.69 Å². The summed E-state index contributed by atoms with van der Waals surface area (Å²) < 4.78 is 1.67. The highest BCUT2D eigenvalue weighted by molar-refractivity contribution is 6.30. The van der Waals surface area contributed by atoms with E-state index >= 15 is 0 Å². The van der Waals surface area contributed by atoms with Gasteiger partial charge in [0.05, 0.1) is 29.1 Å². The van der Waals surface area contributed by atoms with Crippen molar-refractivity contribution in [2.45, 2.75) is 13.3 Å². The second kappa shape index (κ2) is 6.04. The summed E-state index contributed by atoms with van der Waals surface area (Å²) in [6.45, 7) is 2.53. The highest BCUT2D eigenvalue weighted by Crippen LogP contribution is 2.22. The lowest BCUT2D eigenvalue weighted by Gasteiger charge is -2.15. The minimum atomic E-state index is -0.853. The number of benzene rings is 1. The molecule has 1 unspecified atom stereocenters. The molecule has 7 heteroatoms. The van der Waals surface area contributed by atoms with Crippen LogP contribution in [0.2, 0.25) is 5.02 Å². The molecule has 0 radical (unpaired) electrons. The summed E-state index contributed by atoms with van der Waals surface area (Å²) in [4.78, 5) is 25.2. The van der Waals surface area contributed by atoms with Gasteiger partial charge in [-0.25, -0.2) is 4.68 Å². The van der Waals surface area contributed by atoms with Crippen molar-refractivity contribution >= 4 is 23.5 Å². The molecule has 0 aliphatic carbocycles. The van der Waals surface area contributed by atoms with Crippen LogP contribution in [-0.2, 0) is 4.79 Å². The maximum Gasteiger partial charge on any atom is 0.308 e. The van der Waals surface area contributed by atoms with Crippen molar-refractivity contribution in [3.05, 3.63) is 46.7 Å². The van der Waals surface area contributed by atoms with Crippen LogP contribution in [0.3, 0.4) is 0 Å². The molecule has 1 aliphatic heterocycles. The van der Waals surface area contributed by atoms with Crippen molar-refractivity contribution in [1.82, 2.24) is 14.7 Å². The van der Waals surface area contributed by atoms with E-state index in [0.29, 0.717) is 23.6 Å². The average Bonchev–Trinajstić information content (AvgIpc) is 3.15. The Labute approximate surface area is 138 Å². The summed E-state index contributed by atoms with van der Waals surface area (Å²) in [5.74, 6) is -1.51. The first kappa shape index (κ1) is 15.6. The Kier molecular flexibility index (Phi) is 4.09. The van der Waals surface area contributed by atoms with Crippen molar-refractivity contribution in [2.24, 2.45) is 5.92 Å². The molecule has 1 N–H and O–H groups in total. The molecule has 1 saturated heterocycles. The molecule has 1 fully saturated rings. The van der Waals surface area contributed by atoms with Gasteiger partial charge in [-0.2, -0.15) is 5.10 Å². The highest BCUT2D eigenvalue weighted by atomic mass is 35.5. The van der Waals surface area contributed by atoms with Crippen LogP contribution >= 0.6 is 11.6 Å². The van der Waals surface area contributed by atoms with Crippen molar-refractivity contribution in [3.63, 3.8) is 0 Å². The number of rotatable bonds is 3. The zero-order valence-electron chi connectivity index (χ0n) is 12.6. The lowest BCUT2D eigenvalue weighted by Crippen LogP contribution is -2.30. The number of carbonyl (C=O) groups excluding carboxylic acids is 1. The maximum absolute atomic E-state index is 12.6. The molecule has 1 aromatic heterocycles. The highest BCUT2D eigenvalue weighted by Gasteiger charge is 2.32. The number of likely N-dealkylation sites (tertiary alicyclic amines) is 1. The first-order valence-electron chi connectivity index (χ1n) is 7.30. The largest absolute Gasteiger partial charge is 0.481 e. The molecule has 6 nitrogen and oxygen atoms in total. The molecule has 1 aliphatic rings. The average molecular weight is 334 g/mol. The van der Waals surface area contributed by atoms with E-state index in [2.05, 4.69) is 5.10 Å². The summed E-state index contributed by atoms with van der Waals surface area (Å²) in [6, 6.07) is 7.18. The summed E-state index contributed by atoms with van der Waals surface area (Å²) in [7, 11) is 0. The second-order valence-electron chi connectivity index (χ2n) is 5.61. The van der Waals surface area contributed by atoms with E-state index in [1.807, 2.05) is 19.1 Å². The standard InChI is InChI=1S/C16H16ClN3O3/c1-10-14(15(21)19-7-6-11(9-19)16(22)23)8-18-20(10)13-4-2-12(17)3-5-13/h2-5,8,11H,6-7,9H2,1H3,(H,22,23). The topological polar surface area (TPSA) is 75.4 Å². The van der Waals surface area contributed by atoms with Crippen LogP contribution in [0.25, 0.3) is 5.69 Å². The number of amides is 1. The lowest BCUT2D eigenvalue weighted by molar-refractivity contribution is -0.141. The zero-order valence-corrected chi connectivity index (χ0v) is 13.3. The molecule has 3 rings (SSSR count). The van der Waals surface area contributed by atoms with Gasteiger partial charge in [-0.05, 0) is 37.6 Å². The smallest absolute Gasteiger partial charge is 0.308 e. The molecule has 2 heterocycles. The van der Waals surface area contributed by atoms with Crippen LogP contribution < -0.4 is 0 Å². The Morgan fingerprint density at radius 1 is 1.30 bits per heavy atom. The van der Waals surface area contributed by atoms with E-state index in [4.69, 9.17) is 16.7 Å². The molecular formula is C16H16ClN3O3. The van der Waals surface area contributed by atoms with Gasteiger partial charge in [0.1, 0.15) is 0 Å². The Balaban J connectivity index is 1.83. The first-order valence-corrected chi connectivity index (χ1v) is 7.68. The SMILES string of the molecule is Cc1c(C(=O)N2CCC(C(=O)O)C2)cnn1-c1ccc(Cl)cc1. The van der Waals surface area contributed by atoms with Crippen LogP contribution in [0.15, 0.2) is 30.5 Å². The van der Waals surface area contributed by atoms with Gasteiger partial charge in [0, 0.05) is 18.1 Å². The number of nitrogens with zero attached hydrogens (tertiary/aromatic N) is 3. The first-order chi connectivity index (χ1) is 11.0. The maximum atomic E-state index is 12.6. The normalized spacial score (nSPS) is 17.5. The molecule has 0 saturated carbocycles. The molecule has 0 bridgehead atoms. The minimum Gasteiger partial charge on any atom is -0.481 e. The number of hydrogen-bond donors (Lipinski definition) is 1. The van der Waals surface area contributed by atoms with E-state index in [-0.39, 0.29) is 12.5 Å². The quantitative estimate of drug-likeness (QED) is 0.935. The number of carbonyl (C=O) groups is 2. The monoisotopic (exact) mass is 333 g/mol. The number of carboxylic acid groups (broad SMARTS) is 1. The molecule has 1 amide bonds. The molecule has 1 atom stereocenters. The number of aromatic nitrogens is 2. The van der Waals surface area contributed by atoms with Crippen LogP contribution in [0, 0.1) is 12.8 Å². The Morgan fingerprint density at radius 2 is 2.00 bits per heavy atom. The van der Waals surface area contributed by atoms with Crippen LogP contribution in [0.4, 0.5) is 0 Å². The van der Waals surface area contributed by atoms with Crippen LogP contribution in [-0.4, -0.2) is 44.8 Å². The fraction of sp³-hybridized carbons (Fsp3) is 0.312.